The molecule has 0 radical (unpaired) electrons. The van der Waals surface area contributed by atoms with Crippen molar-refractivity contribution < 1.29 is 0 Å². The van der Waals surface area contributed by atoms with Crippen molar-refractivity contribution in [2.45, 2.75) is 0 Å². The Morgan fingerprint density at radius 2 is 0.629 bits per heavy atom. The van der Waals surface area contributed by atoms with Gasteiger partial charge in [-0.1, -0.05) is 182 Å². The highest BCUT2D eigenvalue weighted by Gasteiger charge is 2.25. The van der Waals surface area contributed by atoms with Crippen molar-refractivity contribution in [3.63, 3.8) is 0 Å². The van der Waals surface area contributed by atoms with Gasteiger partial charge in [-0.25, -0.2) is 15.0 Å². The Kier molecular flexibility index (Phi) is 8.19. The van der Waals surface area contributed by atoms with Crippen LogP contribution in [0.5, 0.6) is 0 Å². The Morgan fingerprint density at radius 3 is 1.11 bits per heavy atom. The summed E-state index contributed by atoms with van der Waals surface area (Å²) in [5.41, 5.74) is 15.3. The molecule has 0 saturated heterocycles. The summed E-state index contributed by atoms with van der Waals surface area (Å²) in [6, 6.07) is 74.8. The second-order valence-corrected chi connectivity index (χ2v) is 15.9. The molecule has 4 nitrogen and oxygen atoms in total. The number of fused-ring (bicyclic) bond motifs is 5. The van der Waals surface area contributed by atoms with Crippen LogP contribution in [0.15, 0.2) is 206 Å². The Morgan fingerprint density at radius 1 is 0.274 bits per heavy atom. The Hall–Kier alpha value is -8.52. The van der Waals surface area contributed by atoms with Gasteiger partial charge in [0.1, 0.15) is 0 Å². The average Bonchev–Trinajstić information content (AvgIpc) is 3.68. The van der Waals surface area contributed by atoms with Crippen molar-refractivity contribution in [2.24, 2.45) is 0 Å². The quantitative estimate of drug-likeness (QED) is 0.168. The zero-order valence-electron chi connectivity index (χ0n) is 33.4. The summed E-state index contributed by atoms with van der Waals surface area (Å²) in [4.78, 5) is 15.2. The number of hydrogen-bond donors (Lipinski definition) is 0. The first kappa shape index (κ1) is 35.4. The van der Waals surface area contributed by atoms with E-state index in [1.807, 2.05) is 12.1 Å². The predicted octanol–water partition coefficient (Wildman–Crippen LogP) is 14.9. The van der Waals surface area contributed by atoms with Gasteiger partial charge in [-0.2, -0.15) is 5.26 Å². The van der Waals surface area contributed by atoms with Crippen LogP contribution in [0.4, 0.5) is 0 Å². The van der Waals surface area contributed by atoms with E-state index in [9.17, 15) is 5.26 Å². The molecule has 0 bridgehead atoms. The highest BCUT2D eigenvalue weighted by molar-refractivity contribution is 6.22. The van der Waals surface area contributed by atoms with Crippen molar-refractivity contribution >= 4 is 32.3 Å². The van der Waals surface area contributed by atoms with Crippen LogP contribution in [0.25, 0.3) is 122 Å². The number of nitrogens with zero attached hydrogens (tertiary/aromatic N) is 4. The Balaban J connectivity index is 0.919. The first-order chi connectivity index (χ1) is 30.6. The fourth-order valence-electron chi connectivity index (χ4n) is 9.18. The van der Waals surface area contributed by atoms with Crippen LogP contribution in [0, 0.1) is 11.3 Å². The van der Waals surface area contributed by atoms with E-state index in [1.54, 1.807) is 0 Å². The molecule has 10 aromatic carbocycles. The second-order valence-electron chi connectivity index (χ2n) is 15.9. The topological polar surface area (TPSA) is 62.5 Å². The molecule has 0 amide bonds. The van der Waals surface area contributed by atoms with E-state index in [0.29, 0.717) is 23.0 Å². The molecule has 0 unspecified atom stereocenters. The van der Waals surface area contributed by atoms with Crippen molar-refractivity contribution in [1.82, 2.24) is 15.0 Å². The normalized spacial score (nSPS) is 11.5. The highest BCUT2D eigenvalue weighted by Crippen LogP contribution is 2.52. The molecule has 286 valence electrons. The lowest BCUT2D eigenvalue weighted by Gasteiger charge is -2.15. The molecule has 0 spiro atoms. The zero-order valence-corrected chi connectivity index (χ0v) is 33.4. The van der Waals surface area contributed by atoms with Crippen molar-refractivity contribution in [1.29, 1.82) is 5.26 Å². The van der Waals surface area contributed by atoms with Crippen LogP contribution in [0.3, 0.4) is 0 Å². The summed E-state index contributed by atoms with van der Waals surface area (Å²) in [6.45, 7) is 0. The summed E-state index contributed by atoms with van der Waals surface area (Å²) < 4.78 is 0. The molecule has 0 N–H and O–H groups in total. The van der Waals surface area contributed by atoms with Gasteiger partial charge in [-0.3, -0.25) is 0 Å². The number of nitriles is 1. The number of hydrogen-bond acceptors (Lipinski definition) is 4. The first-order valence-corrected chi connectivity index (χ1v) is 20.8. The van der Waals surface area contributed by atoms with Gasteiger partial charge in [0.15, 0.2) is 17.5 Å². The third-order valence-electron chi connectivity index (χ3n) is 12.3. The van der Waals surface area contributed by atoms with Crippen molar-refractivity contribution in [2.75, 3.05) is 0 Å². The highest BCUT2D eigenvalue weighted by atomic mass is 15.0. The minimum atomic E-state index is 0.625. The first-order valence-electron chi connectivity index (χ1n) is 20.8. The fraction of sp³-hybridized carbons (Fsp3) is 0. The third kappa shape index (κ3) is 5.95. The van der Waals surface area contributed by atoms with E-state index < -0.39 is 0 Å². The molecule has 0 aliphatic heterocycles. The maximum Gasteiger partial charge on any atom is 0.164 e. The van der Waals surface area contributed by atoms with Gasteiger partial charge in [-0.15, -0.1) is 0 Å². The second kappa shape index (κ2) is 14.3. The Labute approximate surface area is 358 Å². The molecular weight excluding hydrogens is 753 g/mol. The van der Waals surface area contributed by atoms with E-state index in [1.165, 1.54) is 49.4 Å². The van der Waals surface area contributed by atoms with Gasteiger partial charge in [0, 0.05) is 16.7 Å². The van der Waals surface area contributed by atoms with Crippen molar-refractivity contribution in [3.8, 4) is 95.9 Å². The minimum Gasteiger partial charge on any atom is -0.208 e. The van der Waals surface area contributed by atoms with E-state index in [-0.39, 0.29) is 0 Å². The third-order valence-corrected chi connectivity index (χ3v) is 12.3. The number of aromatic nitrogens is 3. The van der Waals surface area contributed by atoms with Crippen LogP contribution >= 0.6 is 0 Å². The average molecular weight is 787 g/mol. The minimum absolute atomic E-state index is 0.625. The SMILES string of the molecule is N#Cc1ccc(-c2ccc3c4c(ccc(-c5ccc(-c6ccc(-c7nc(-c8ccc9ccccc9c8)nc(-c8ccc9ccccc9c8)n7)cc6)cc5)c24)-c2ccccc2-3)cc1. The van der Waals surface area contributed by atoms with Gasteiger partial charge < -0.3 is 0 Å². The van der Waals surface area contributed by atoms with Gasteiger partial charge in [0.05, 0.1) is 11.6 Å². The van der Waals surface area contributed by atoms with E-state index in [0.717, 1.165) is 55.3 Å². The fourth-order valence-corrected chi connectivity index (χ4v) is 9.18. The van der Waals surface area contributed by atoms with E-state index in [2.05, 4.69) is 200 Å². The van der Waals surface area contributed by atoms with Gasteiger partial charge >= 0.3 is 0 Å². The lowest BCUT2D eigenvalue weighted by atomic mass is 9.88. The maximum absolute atomic E-state index is 9.51. The molecule has 62 heavy (non-hydrogen) atoms. The van der Waals surface area contributed by atoms with Crippen LogP contribution in [-0.4, -0.2) is 15.0 Å². The molecule has 1 heterocycles. The van der Waals surface area contributed by atoms with E-state index in [4.69, 9.17) is 15.0 Å². The summed E-state index contributed by atoms with van der Waals surface area (Å²) in [7, 11) is 0. The molecule has 1 aromatic heterocycles. The summed E-state index contributed by atoms with van der Waals surface area (Å²) >= 11 is 0. The predicted molar refractivity (Wildman–Crippen MR) is 254 cm³/mol. The monoisotopic (exact) mass is 786 g/mol. The Bertz CT molecular complexity index is 3490. The maximum atomic E-state index is 9.51. The zero-order chi connectivity index (χ0) is 41.1. The molecule has 0 fully saturated rings. The standard InChI is InChI=1S/C58H34N4/c59-35-36-13-15-41(16-14-36)48-29-31-52-50-11-5-6-12-51(50)53-32-30-49(54(48)55(52)53)42-23-17-39(18-24-42)40-19-25-43(26-20-40)56-60-57(46-27-21-37-7-1-3-9-44(37)33-46)62-58(61-56)47-28-22-38-8-2-4-10-45(38)34-47/h1-34H. The molecule has 4 heteroatoms. The molecule has 11 aromatic rings. The van der Waals surface area contributed by atoms with Crippen LogP contribution in [0.2, 0.25) is 0 Å². The molecular formula is C58H34N4. The molecule has 0 saturated carbocycles. The summed E-state index contributed by atoms with van der Waals surface area (Å²) in [5, 5.41) is 16.6. The van der Waals surface area contributed by atoms with Crippen LogP contribution in [0.1, 0.15) is 5.56 Å². The smallest absolute Gasteiger partial charge is 0.164 e. The number of benzene rings is 10. The lowest BCUT2D eigenvalue weighted by Crippen LogP contribution is -2.00. The van der Waals surface area contributed by atoms with Gasteiger partial charge in [0.2, 0.25) is 0 Å². The van der Waals surface area contributed by atoms with Crippen molar-refractivity contribution in [3.05, 3.63) is 212 Å². The molecule has 12 rings (SSSR count). The summed E-state index contributed by atoms with van der Waals surface area (Å²) in [5.74, 6) is 1.90. The largest absolute Gasteiger partial charge is 0.208 e. The lowest BCUT2D eigenvalue weighted by molar-refractivity contribution is 1.08. The van der Waals surface area contributed by atoms with Crippen LogP contribution in [-0.2, 0) is 0 Å². The van der Waals surface area contributed by atoms with E-state index >= 15 is 0 Å². The van der Waals surface area contributed by atoms with Crippen LogP contribution < -0.4 is 0 Å². The summed E-state index contributed by atoms with van der Waals surface area (Å²) in [6.07, 6.45) is 0. The molecule has 1 aliphatic rings. The van der Waals surface area contributed by atoms with Gasteiger partial charge in [-0.05, 0) is 112 Å². The number of rotatable bonds is 6. The van der Waals surface area contributed by atoms with Gasteiger partial charge in [0.25, 0.3) is 0 Å². The molecule has 0 atom stereocenters. The molecule has 1 aliphatic carbocycles.